The van der Waals surface area contributed by atoms with E-state index < -0.39 is 0 Å². The van der Waals surface area contributed by atoms with Crippen LogP contribution in [0.1, 0.15) is 0 Å². The molecule has 6 rings (SSSR count). The van der Waals surface area contributed by atoms with E-state index in [1.165, 1.54) is 16.5 Å². The second-order valence-electron chi connectivity index (χ2n) is 8.58. The SMILES string of the molecule is O=C(CSc1nnc(-c2ccccc2Cl)n1-c1ccccc1)N1CCN(c2nc3ccccc3s2)CC1. The van der Waals surface area contributed by atoms with Crippen LogP contribution in [0.25, 0.3) is 27.3 Å². The number of carbonyl (C=O) groups excluding carboxylic acids is 1. The summed E-state index contributed by atoms with van der Waals surface area (Å²) < 4.78 is 3.15. The van der Waals surface area contributed by atoms with E-state index in [2.05, 4.69) is 21.2 Å². The maximum absolute atomic E-state index is 13.1. The van der Waals surface area contributed by atoms with Crippen molar-refractivity contribution in [3.63, 3.8) is 0 Å². The second kappa shape index (κ2) is 10.5. The lowest BCUT2D eigenvalue weighted by molar-refractivity contribution is -0.128. The van der Waals surface area contributed by atoms with Crippen molar-refractivity contribution < 1.29 is 4.79 Å². The lowest BCUT2D eigenvalue weighted by Gasteiger charge is -2.34. The molecule has 186 valence electrons. The molecule has 0 N–H and O–H groups in total. The zero-order valence-corrected chi connectivity index (χ0v) is 22.2. The van der Waals surface area contributed by atoms with Gasteiger partial charge in [-0.3, -0.25) is 9.36 Å². The molecule has 0 unspecified atom stereocenters. The summed E-state index contributed by atoms with van der Waals surface area (Å²) in [5, 5.41) is 11.2. The molecule has 0 bridgehead atoms. The Morgan fingerprint density at radius 1 is 0.892 bits per heavy atom. The number of nitrogens with zero attached hydrogens (tertiary/aromatic N) is 6. The number of aromatic nitrogens is 4. The Labute approximate surface area is 227 Å². The zero-order chi connectivity index (χ0) is 25.2. The summed E-state index contributed by atoms with van der Waals surface area (Å²) >= 11 is 9.58. The van der Waals surface area contributed by atoms with Gasteiger partial charge in [0.05, 0.1) is 21.0 Å². The van der Waals surface area contributed by atoms with E-state index in [-0.39, 0.29) is 11.7 Å². The maximum atomic E-state index is 13.1. The predicted molar refractivity (Wildman–Crippen MR) is 151 cm³/mol. The minimum absolute atomic E-state index is 0.0934. The molecule has 0 spiro atoms. The average molecular weight is 547 g/mol. The summed E-state index contributed by atoms with van der Waals surface area (Å²) in [5.41, 5.74) is 2.74. The Kier molecular flexibility index (Phi) is 6.82. The summed E-state index contributed by atoms with van der Waals surface area (Å²) in [5.74, 6) is 1.03. The fraction of sp³-hybridized carbons (Fsp3) is 0.185. The number of para-hydroxylation sites is 2. The van der Waals surface area contributed by atoms with Crippen LogP contribution in [-0.2, 0) is 4.79 Å². The van der Waals surface area contributed by atoms with Crippen LogP contribution in [0.5, 0.6) is 0 Å². The molecule has 0 saturated carbocycles. The molecule has 5 aromatic rings. The lowest BCUT2D eigenvalue weighted by atomic mass is 10.2. The maximum Gasteiger partial charge on any atom is 0.233 e. The highest BCUT2D eigenvalue weighted by Gasteiger charge is 2.25. The number of thioether (sulfide) groups is 1. The molecule has 7 nitrogen and oxygen atoms in total. The molecule has 1 amide bonds. The third-order valence-corrected chi connectivity index (χ3v) is 8.61. The van der Waals surface area contributed by atoms with Gasteiger partial charge in [0.25, 0.3) is 0 Å². The van der Waals surface area contributed by atoms with Crippen LogP contribution < -0.4 is 4.90 Å². The van der Waals surface area contributed by atoms with E-state index in [1.807, 2.05) is 82.3 Å². The van der Waals surface area contributed by atoms with Crippen molar-refractivity contribution in [1.82, 2.24) is 24.6 Å². The third kappa shape index (κ3) is 4.94. The minimum Gasteiger partial charge on any atom is -0.345 e. The van der Waals surface area contributed by atoms with Gasteiger partial charge < -0.3 is 9.80 Å². The molecule has 0 aliphatic carbocycles. The number of fused-ring (bicyclic) bond motifs is 1. The lowest BCUT2D eigenvalue weighted by Crippen LogP contribution is -2.49. The predicted octanol–water partition coefficient (Wildman–Crippen LogP) is 5.64. The Balaban J connectivity index is 1.15. The number of halogens is 1. The van der Waals surface area contributed by atoms with Gasteiger partial charge in [-0.05, 0) is 36.4 Å². The first-order valence-corrected chi connectivity index (χ1v) is 14.1. The average Bonchev–Trinajstić information content (AvgIpc) is 3.57. The molecule has 0 atom stereocenters. The number of benzene rings is 3. The van der Waals surface area contributed by atoms with Crippen molar-refractivity contribution in [3.05, 3.63) is 83.9 Å². The van der Waals surface area contributed by atoms with E-state index in [0.29, 0.717) is 29.1 Å². The van der Waals surface area contributed by atoms with Gasteiger partial charge in [-0.15, -0.1) is 10.2 Å². The van der Waals surface area contributed by atoms with Gasteiger partial charge in [-0.1, -0.05) is 77.2 Å². The summed E-state index contributed by atoms with van der Waals surface area (Å²) in [7, 11) is 0. The number of thiazole rings is 1. The summed E-state index contributed by atoms with van der Waals surface area (Å²) in [6.45, 7) is 2.89. The van der Waals surface area contributed by atoms with Crippen molar-refractivity contribution in [2.24, 2.45) is 0 Å². The first-order chi connectivity index (χ1) is 18.2. The molecule has 2 aromatic heterocycles. The molecular formula is C27H23ClN6OS2. The Morgan fingerprint density at radius 3 is 2.41 bits per heavy atom. The quantitative estimate of drug-likeness (QED) is 0.257. The highest BCUT2D eigenvalue weighted by molar-refractivity contribution is 7.99. The van der Waals surface area contributed by atoms with Crippen molar-refractivity contribution in [1.29, 1.82) is 0 Å². The summed E-state index contributed by atoms with van der Waals surface area (Å²) in [6.07, 6.45) is 0. The van der Waals surface area contributed by atoms with Crippen LogP contribution in [0.15, 0.2) is 84.0 Å². The fourth-order valence-electron chi connectivity index (χ4n) is 4.35. The Bertz CT molecular complexity index is 1510. The van der Waals surface area contributed by atoms with Crippen LogP contribution in [0.4, 0.5) is 5.13 Å². The van der Waals surface area contributed by atoms with Gasteiger partial charge in [0.2, 0.25) is 5.91 Å². The van der Waals surface area contributed by atoms with Crippen molar-refractivity contribution in [2.75, 3.05) is 36.8 Å². The van der Waals surface area contributed by atoms with Gasteiger partial charge in [0.1, 0.15) is 0 Å². The van der Waals surface area contributed by atoms with Crippen LogP contribution in [0.3, 0.4) is 0 Å². The molecule has 3 heterocycles. The van der Waals surface area contributed by atoms with Crippen LogP contribution in [0, 0.1) is 0 Å². The number of amides is 1. The molecule has 10 heteroatoms. The molecule has 0 radical (unpaired) electrons. The van der Waals surface area contributed by atoms with E-state index >= 15 is 0 Å². The molecule has 1 aliphatic rings. The van der Waals surface area contributed by atoms with Crippen LogP contribution >= 0.6 is 34.7 Å². The largest absolute Gasteiger partial charge is 0.345 e. The number of rotatable bonds is 6. The zero-order valence-electron chi connectivity index (χ0n) is 19.8. The molecule has 3 aromatic carbocycles. The van der Waals surface area contributed by atoms with Crippen molar-refractivity contribution >= 4 is 56.0 Å². The second-order valence-corrected chi connectivity index (χ2v) is 10.9. The van der Waals surface area contributed by atoms with Gasteiger partial charge in [0, 0.05) is 37.4 Å². The number of hydrogen-bond donors (Lipinski definition) is 0. The molecule has 1 saturated heterocycles. The number of hydrogen-bond acceptors (Lipinski definition) is 7. The molecule has 37 heavy (non-hydrogen) atoms. The Hall–Kier alpha value is -3.40. The number of carbonyl (C=O) groups is 1. The van der Waals surface area contributed by atoms with Crippen LogP contribution in [-0.4, -0.2) is 62.5 Å². The smallest absolute Gasteiger partial charge is 0.233 e. The molecule has 1 fully saturated rings. The highest BCUT2D eigenvalue weighted by Crippen LogP contribution is 2.32. The summed E-state index contributed by atoms with van der Waals surface area (Å²) in [4.78, 5) is 22.1. The van der Waals surface area contributed by atoms with E-state index in [0.717, 1.165) is 35.0 Å². The third-order valence-electron chi connectivity index (χ3n) is 6.27. The number of anilines is 1. The summed E-state index contributed by atoms with van der Waals surface area (Å²) in [6, 6.07) is 25.7. The standard InChI is InChI=1S/C27H23ClN6OS2/c28-21-11-5-4-10-20(21)25-30-31-27(34(25)19-8-2-1-3-9-19)36-18-24(35)32-14-16-33(17-15-32)26-29-22-12-6-7-13-23(22)37-26/h1-13H,14-18H2. The van der Waals surface area contributed by atoms with Crippen LogP contribution in [0.2, 0.25) is 5.02 Å². The molecular weight excluding hydrogens is 524 g/mol. The normalized spacial score (nSPS) is 13.9. The van der Waals surface area contributed by atoms with E-state index in [9.17, 15) is 4.79 Å². The molecule has 1 aliphatic heterocycles. The van der Waals surface area contributed by atoms with Gasteiger partial charge in [-0.2, -0.15) is 0 Å². The van der Waals surface area contributed by atoms with Gasteiger partial charge in [0.15, 0.2) is 16.1 Å². The Morgan fingerprint density at radius 2 is 1.62 bits per heavy atom. The van der Waals surface area contributed by atoms with E-state index in [1.54, 1.807) is 11.3 Å². The first kappa shape index (κ1) is 24.0. The van der Waals surface area contributed by atoms with E-state index in [4.69, 9.17) is 16.6 Å². The van der Waals surface area contributed by atoms with Gasteiger partial charge >= 0.3 is 0 Å². The minimum atomic E-state index is 0.0934. The topological polar surface area (TPSA) is 67.2 Å². The van der Waals surface area contributed by atoms with Gasteiger partial charge in [-0.25, -0.2) is 4.98 Å². The number of piperazine rings is 1. The van der Waals surface area contributed by atoms with Crippen molar-refractivity contribution in [3.8, 4) is 17.1 Å². The fourth-order valence-corrected chi connectivity index (χ4v) is 6.44. The highest BCUT2D eigenvalue weighted by atomic mass is 35.5. The van der Waals surface area contributed by atoms with Crippen molar-refractivity contribution in [2.45, 2.75) is 5.16 Å². The first-order valence-electron chi connectivity index (χ1n) is 11.9. The monoisotopic (exact) mass is 546 g/mol.